The number of hydrogen-bond acceptors (Lipinski definition) is 2. The molecule has 1 fully saturated rings. The first-order valence-electron chi connectivity index (χ1n) is 5.87. The second kappa shape index (κ2) is 4.97. The van der Waals surface area contributed by atoms with Crippen molar-refractivity contribution in [1.82, 2.24) is 5.32 Å². The van der Waals surface area contributed by atoms with Gasteiger partial charge in [-0.25, -0.2) is 0 Å². The van der Waals surface area contributed by atoms with Crippen molar-refractivity contribution < 1.29 is 4.74 Å². The summed E-state index contributed by atoms with van der Waals surface area (Å²) in [4.78, 5) is 0. The predicted molar refractivity (Wildman–Crippen MR) is 73.5 cm³/mol. The Balaban J connectivity index is 0.00000144. The van der Waals surface area contributed by atoms with E-state index in [2.05, 4.69) is 57.3 Å². The lowest BCUT2D eigenvalue weighted by molar-refractivity contribution is -0.131. The first-order valence-corrected chi connectivity index (χ1v) is 5.87. The van der Waals surface area contributed by atoms with E-state index in [9.17, 15) is 0 Å². The van der Waals surface area contributed by atoms with Gasteiger partial charge in [0.25, 0.3) is 0 Å². The molecule has 0 amide bonds. The fourth-order valence-corrected chi connectivity index (χ4v) is 1.91. The highest BCUT2D eigenvalue weighted by atomic mass is 35.5. The highest BCUT2D eigenvalue weighted by Crippen LogP contribution is 2.31. The first kappa shape index (κ1) is 14.5. The van der Waals surface area contributed by atoms with Gasteiger partial charge in [0.15, 0.2) is 0 Å². The quantitative estimate of drug-likeness (QED) is 0.832. The summed E-state index contributed by atoms with van der Waals surface area (Å²) < 4.78 is 6.00. The van der Waals surface area contributed by atoms with Crippen LogP contribution in [-0.4, -0.2) is 13.2 Å². The van der Waals surface area contributed by atoms with Crippen LogP contribution in [0.4, 0.5) is 0 Å². The Morgan fingerprint density at radius 1 is 1.12 bits per heavy atom. The van der Waals surface area contributed by atoms with Crippen molar-refractivity contribution in [3.8, 4) is 0 Å². The third-order valence-electron chi connectivity index (χ3n) is 3.26. The van der Waals surface area contributed by atoms with Gasteiger partial charge in [0.2, 0.25) is 0 Å². The van der Waals surface area contributed by atoms with Crippen LogP contribution in [0.2, 0.25) is 0 Å². The van der Waals surface area contributed by atoms with Gasteiger partial charge in [-0.15, -0.1) is 12.4 Å². The van der Waals surface area contributed by atoms with Gasteiger partial charge in [-0.1, -0.05) is 43.7 Å². The van der Waals surface area contributed by atoms with Crippen molar-refractivity contribution >= 4 is 12.4 Å². The minimum atomic E-state index is -0.330. The van der Waals surface area contributed by atoms with E-state index in [1.165, 1.54) is 11.1 Å². The average molecular weight is 256 g/mol. The molecule has 2 rings (SSSR count). The van der Waals surface area contributed by atoms with Gasteiger partial charge in [0.1, 0.15) is 5.72 Å². The van der Waals surface area contributed by atoms with Gasteiger partial charge in [-0.3, -0.25) is 5.32 Å². The highest BCUT2D eigenvalue weighted by Gasteiger charge is 2.36. The maximum absolute atomic E-state index is 6.00. The molecule has 1 aromatic rings. The summed E-state index contributed by atoms with van der Waals surface area (Å²) in [6, 6.07) is 8.54. The monoisotopic (exact) mass is 255 g/mol. The van der Waals surface area contributed by atoms with Crippen LogP contribution >= 0.6 is 12.4 Å². The van der Waals surface area contributed by atoms with Crippen LogP contribution < -0.4 is 5.32 Å². The molecule has 96 valence electrons. The predicted octanol–water partition coefficient (Wildman–Crippen LogP) is 3.24. The van der Waals surface area contributed by atoms with Crippen LogP contribution in [0.25, 0.3) is 0 Å². The Morgan fingerprint density at radius 3 is 2.18 bits per heavy atom. The van der Waals surface area contributed by atoms with E-state index in [1.807, 2.05) is 0 Å². The fraction of sp³-hybridized carbons (Fsp3) is 0.571. The number of nitrogens with one attached hydrogen (secondary N) is 1. The van der Waals surface area contributed by atoms with Gasteiger partial charge in [0.05, 0.1) is 6.61 Å². The SMILES string of the molecule is Cc1ccc(C2(C)NCC(C)(C)CO2)cc1.Cl. The molecule has 0 aliphatic carbocycles. The lowest BCUT2D eigenvalue weighted by Crippen LogP contribution is -2.53. The van der Waals surface area contributed by atoms with E-state index in [1.54, 1.807) is 0 Å². The number of rotatable bonds is 1. The molecule has 1 heterocycles. The van der Waals surface area contributed by atoms with Gasteiger partial charge in [-0.2, -0.15) is 0 Å². The van der Waals surface area contributed by atoms with E-state index < -0.39 is 0 Å². The van der Waals surface area contributed by atoms with Gasteiger partial charge < -0.3 is 4.74 Å². The van der Waals surface area contributed by atoms with Crippen LogP contribution in [0.15, 0.2) is 24.3 Å². The van der Waals surface area contributed by atoms with E-state index in [0.29, 0.717) is 0 Å². The van der Waals surface area contributed by atoms with E-state index >= 15 is 0 Å². The largest absolute Gasteiger partial charge is 0.356 e. The zero-order valence-electron chi connectivity index (χ0n) is 11.0. The third kappa shape index (κ3) is 3.21. The molecule has 1 aliphatic rings. The van der Waals surface area contributed by atoms with Gasteiger partial charge >= 0.3 is 0 Å². The molecule has 1 N–H and O–H groups in total. The molecule has 1 unspecified atom stereocenters. The number of aryl methyl sites for hydroxylation is 1. The van der Waals surface area contributed by atoms with Crippen molar-refractivity contribution in [2.75, 3.05) is 13.2 Å². The molecule has 0 bridgehead atoms. The number of hydrogen-bond donors (Lipinski definition) is 1. The molecular formula is C14H22ClNO. The van der Waals surface area contributed by atoms with Crippen LogP contribution in [0.5, 0.6) is 0 Å². The maximum Gasteiger partial charge on any atom is 0.142 e. The Hall–Kier alpha value is -0.570. The zero-order valence-corrected chi connectivity index (χ0v) is 11.9. The average Bonchev–Trinajstić information content (AvgIpc) is 2.24. The molecule has 0 radical (unpaired) electrons. The number of ether oxygens (including phenoxy) is 1. The molecule has 1 aromatic carbocycles. The number of halogens is 1. The summed E-state index contributed by atoms with van der Waals surface area (Å²) in [6.45, 7) is 10.4. The van der Waals surface area contributed by atoms with Gasteiger partial charge in [-0.05, 0) is 19.4 Å². The topological polar surface area (TPSA) is 21.3 Å². The highest BCUT2D eigenvalue weighted by molar-refractivity contribution is 5.85. The Labute approximate surface area is 110 Å². The van der Waals surface area contributed by atoms with Crippen molar-refractivity contribution in [3.63, 3.8) is 0 Å². The van der Waals surface area contributed by atoms with Crippen molar-refractivity contribution in [3.05, 3.63) is 35.4 Å². The Morgan fingerprint density at radius 2 is 1.71 bits per heavy atom. The fourth-order valence-electron chi connectivity index (χ4n) is 1.91. The molecule has 1 saturated heterocycles. The van der Waals surface area contributed by atoms with Crippen LogP contribution in [-0.2, 0) is 10.5 Å². The lowest BCUT2D eigenvalue weighted by Gasteiger charge is -2.42. The van der Waals surface area contributed by atoms with Crippen molar-refractivity contribution in [1.29, 1.82) is 0 Å². The minimum absolute atomic E-state index is 0. The van der Waals surface area contributed by atoms with Crippen LogP contribution in [0.1, 0.15) is 31.9 Å². The summed E-state index contributed by atoms with van der Waals surface area (Å²) in [5, 5.41) is 3.50. The number of benzene rings is 1. The van der Waals surface area contributed by atoms with Crippen molar-refractivity contribution in [2.45, 2.75) is 33.4 Å². The van der Waals surface area contributed by atoms with E-state index in [4.69, 9.17) is 4.74 Å². The van der Waals surface area contributed by atoms with E-state index in [0.717, 1.165) is 13.2 Å². The van der Waals surface area contributed by atoms with Gasteiger partial charge in [0, 0.05) is 12.0 Å². The smallest absolute Gasteiger partial charge is 0.142 e. The molecule has 0 saturated carbocycles. The van der Waals surface area contributed by atoms with Crippen LogP contribution in [0.3, 0.4) is 0 Å². The standard InChI is InChI=1S/C14H21NO.ClH/c1-11-5-7-12(8-6-11)14(4)15-9-13(2,3)10-16-14;/h5-8,15H,9-10H2,1-4H3;1H. The molecular weight excluding hydrogens is 234 g/mol. The first-order chi connectivity index (χ1) is 7.41. The molecule has 1 atom stereocenters. The molecule has 0 spiro atoms. The van der Waals surface area contributed by atoms with E-state index in [-0.39, 0.29) is 23.5 Å². The normalized spacial score (nSPS) is 27.3. The van der Waals surface area contributed by atoms with Crippen LogP contribution in [0, 0.1) is 12.3 Å². The summed E-state index contributed by atoms with van der Waals surface area (Å²) in [6.07, 6.45) is 0. The Bertz CT molecular complexity index is 362. The zero-order chi connectivity index (χ0) is 11.8. The third-order valence-corrected chi connectivity index (χ3v) is 3.26. The summed E-state index contributed by atoms with van der Waals surface area (Å²) in [5.41, 5.74) is 2.38. The minimum Gasteiger partial charge on any atom is -0.356 e. The summed E-state index contributed by atoms with van der Waals surface area (Å²) in [7, 11) is 0. The lowest BCUT2D eigenvalue weighted by atomic mass is 9.90. The molecule has 3 heteroatoms. The Kier molecular flexibility index (Phi) is 4.23. The molecule has 17 heavy (non-hydrogen) atoms. The molecule has 2 nitrogen and oxygen atoms in total. The van der Waals surface area contributed by atoms with Crippen molar-refractivity contribution in [2.24, 2.45) is 5.41 Å². The second-order valence-corrected chi connectivity index (χ2v) is 5.71. The second-order valence-electron chi connectivity index (χ2n) is 5.71. The maximum atomic E-state index is 6.00. The summed E-state index contributed by atoms with van der Waals surface area (Å²) in [5.74, 6) is 0. The summed E-state index contributed by atoms with van der Waals surface area (Å²) >= 11 is 0. The molecule has 0 aromatic heterocycles. The molecule has 1 aliphatic heterocycles.